The lowest BCUT2D eigenvalue weighted by molar-refractivity contribution is -0.130. The first kappa shape index (κ1) is 16.9. The van der Waals surface area contributed by atoms with Crippen LogP contribution in [0.5, 0.6) is 0 Å². The maximum absolute atomic E-state index is 13.0. The minimum Gasteiger partial charge on any atom is -0.334 e. The van der Waals surface area contributed by atoms with Crippen LogP contribution in [0, 0.1) is 12.7 Å². The highest BCUT2D eigenvalue weighted by molar-refractivity contribution is 5.82. The Labute approximate surface area is 144 Å². The summed E-state index contributed by atoms with van der Waals surface area (Å²) >= 11 is 0. The van der Waals surface area contributed by atoms with Crippen LogP contribution >= 0.6 is 0 Å². The van der Waals surface area contributed by atoms with Gasteiger partial charge in [-0.3, -0.25) is 9.59 Å². The Balaban J connectivity index is 1.91. The van der Waals surface area contributed by atoms with Crippen molar-refractivity contribution in [2.45, 2.75) is 26.9 Å². The van der Waals surface area contributed by atoms with Crippen LogP contribution in [0.3, 0.4) is 0 Å². The predicted octanol–water partition coefficient (Wildman–Crippen LogP) is 3.52. The Morgan fingerprint density at radius 1 is 1.12 bits per heavy atom. The number of fused-ring (bicyclic) bond motifs is 1. The molecule has 0 bridgehead atoms. The van der Waals surface area contributed by atoms with E-state index in [1.54, 1.807) is 17.0 Å². The summed E-state index contributed by atoms with van der Waals surface area (Å²) in [6.45, 7) is 3.92. The zero-order valence-corrected chi connectivity index (χ0v) is 14.2. The van der Waals surface area contributed by atoms with E-state index < -0.39 is 0 Å². The first-order valence-corrected chi connectivity index (χ1v) is 8.05. The van der Waals surface area contributed by atoms with Gasteiger partial charge in [0.2, 0.25) is 5.91 Å². The van der Waals surface area contributed by atoms with Gasteiger partial charge in [0.05, 0.1) is 12.1 Å². The van der Waals surface area contributed by atoms with Gasteiger partial charge in [0.1, 0.15) is 5.82 Å². The number of rotatable bonds is 4. The molecule has 0 saturated heterocycles. The van der Waals surface area contributed by atoms with Gasteiger partial charge in [-0.2, -0.15) is 0 Å². The van der Waals surface area contributed by atoms with Gasteiger partial charge < -0.3 is 9.88 Å². The van der Waals surface area contributed by atoms with E-state index in [2.05, 4.69) is 4.98 Å². The summed E-state index contributed by atoms with van der Waals surface area (Å²) in [6, 6.07) is 13.6. The molecule has 25 heavy (non-hydrogen) atoms. The standard InChI is InChI=1S/C20H19FN2O2/c1-13-4-3-5-16-10-17(20(25)22-19(13)16)12-23(14(2)24)11-15-6-8-18(21)9-7-15/h3-10H,11-12H2,1-2H3,(H,22,25). The molecule has 0 unspecified atom stereocenters. The molecular weight excluding hydrogens is 319 g/mol. The molecule has 0 saturated carbocycles. The Hall–Kier alpha value is -2.95. The number of nitrogens with zero attached hydrogens (tertiary/aromatic N) is 1. The van der Waals surface area contributed by atoms with Crippen LogP contribution in [0.1, 0.15) is 23.6 Å². The molecule has 4 nitrogen and oxygen atoms in total. The van der Waals surface area contributed by atoms with Crippen molar-refractivity contribution >= 4 is 16.8 Å². The van der Waals surface area contributed by atoms with Crippen LogP contribution in [0.4, 0.5) is 4.39 Å². The Morgan fingerprint density at radius 3 is 2.52 bits per heavy atom. The minimum atomic E-state index is -0.320. The Morgan fingerprint density at radius 2 is 1.84 bits per heavy atom. The van der Waals surface area contributed by atoms with Gasteiger partial charge in [-0.1, -0.05) is 30.3 Å². The lowest BCUT2D eigenvalue weighted by atomic mass is 10.1. The van der Waals surface area contributed by atoms with Gasteiger partial charge >= 0.3 is 0 Å². The van der Waals surface area contributed by atoms with Crippen molar-refractivity contribution in [2.75, 3.05) is 0 Å². The number of benzene rings is 2. The van der Waals surface area contributed by atoms with Gasteiger partial charge in [-0.05, 0) is 41.6 Å². The fourth-order valence-electron chi connectivity index (χ4n) is 2.84. The monoisotopic (exact) mass is 338 g/mol. The second-order valence-electron chi connectivity index (χ2n) is 6.16. The van der Waals surface area contributed by atoms with Crippen LogP contribution in [0.2, 0.25) is 0 Å². The van der Waals surface area contributed by atoms with Crippen molar-refractivity contribution in [1.29, 1.82) is 0 Å². The molecule has 5 heteroatoms. The zero-order valence-electron chi connectivity index (χ0n) is 14.2. The van der Waals surface area contributed by atoms with E-state index in [4.69, 9.17) is 0 Å². The number of aromatic nitrogens is 1. The molecule has 0 fully saturated rings. The first-order valence-electron chi connectivity index (χ1n) is 8.05. The molecule has 2 aromatic carbocycles. The van der Waals surface area contributed by atoms with Gasteiger partial charge in [-0.25, -0.2) is 4.39 Å². The summed E-state index contributed by atoms with van der Waals surface area (Å²) in [6.07, 6.45) is 0. The van der Waals surface area contributed by atoms with E-state index in [1.165, 1.54) is 19.1 Å². The molecule has 0 spiro atoms. The number of H-pyrrole nitrogens is 1. The van der Waals surface area contributed by atoms with E-state index in [1.807, 2.05) is 31.2 Å². The molecule has 1 N–H and O–H groups in total. The van der Waals surface area contributed by atoms with Crippen LogP contribution in [-0.4, -0.2) is 15.8 Å². The normalized spacial score (nSPS) is 10.8. The highest BCUT2D eigenvalue weighted by atomic mass is 19.1. The second-order valence-corrected chi connectivity index (χ2v) is 6.16. The number of halogens is 1. The third kappa shape index (κ3) is 3.76. The van der Waals surface area contributed by atoms with Crippen molar-refractivity contribution in [3.05, 3.63) is 81.4 Å². The maximum Gasteiger partial charge on any atom is 0.253 e. The highest BCUT2D eigenvalue weighted by Crippen LogP contribution is 2.16. The number of para-hydroxylation sites is 1. The van der Waals surface area contributed by atoms with Crippen LogP contribution in [0.15, 0.2) is 53.3 Å². The fourth-order valence-corrected chi connectivity index (χ4v) is 2.84. The van der Waals surface area contributed by atoms with Crippen molar-refractivity contribution < 1.29 is 9.18 Å². The highest BCUT2D eigenvalue weighted by Gasteiger charge is 2.13. The fraction of sp³-hybridized carbons (Fsp3) is 0.200. The van der Waals surface area contributed by atoms with Gasteiger partial charge in [0.25, 0.3) is 5.56 Å². The molecule has 0 atom stereocenters. The van der Waals surface area contributed by atoms with Gasteiger partial charge in [0, 0.05) is 19.0 Å². The Bertz CT molecular complexity index is 977. The van der Waals surface area contributed by atoms with Gasteiger partial charge in [-0.15, -0.1) is 0 Å². The summed E-state index contributed by atoms with van der Waals surface area (Å²) in [7, 11) is 0. The van der Waals surface area contributed by atoms with Crippen molar-refractivity contribution in [2.24, 2.45) is 0 Å². The SMILES string of the molecule is CC(=O)N(Cc1ccc(F)cc1)Cc1cc2cccc(C)c2[nH]c1=O. The third-order valence-corrected chi connectivity index (χ3v) is 4.26. The minimum absolute atomic E-state index is 0.145. The summed E-state index contributed by atoms with van der Waals surface area (Å²) in [5, 5.41) is 0.930. The molecule has 1 amide bonds. The number of pyridine rings is 1. The van der Waals surface area contributed by atoms with E-state index in [-0.39, 0.29) is 23.8 Å². The average molecular weight is 338 g/mol. The lowest BCUT2D eigenvalue weighted by Crippen LogP contribution is -2.30. The maximum atomic E-state index is 13.0. The van der Waals surface area contributed by atoms with Crippen molar-refractivity contribution in [1.82, 2.24) is 9.88 Å². The molecule has 0 aliphatic heterocycles. The Kier molecular flexibility index (Phi) is 4.65. The number of hydrogen-bond acceptors (Lipinski definition) is 2. The number of amides is 1. The van der Waals surface area contributed by atoms with Crippen LogP contribution in [-0.2, 0) is 17.9 Å². The summed E-state index contributed by atoms with van der Waals surface area (Å²) in [5.41, 5.74) is 2.94. The number of hydrogen-bond donors (Lipinski definition) is 1. The number of aryl methyl sites for hydroxylation is 1. The second kappa shape index (κ2) is 6.89. The molecule has 128 valence electrons. The predicted molar refractivity (Wildman–Crippen MR) is 95.6 cm³/mol. The van der Waals surface area contributed by atoms with Gasteiger partial charge in [0.15, 0.2) is 0 Å². The molecule has 3 rings (SSSR count). The van der Waals surface area contributed by atoms with Crippen LogP contribution < -0.4 is 5.56 Å². The first-order chi connectivity index (χ1) is 11.9. The summed E-state index contributed by atoms with van der Waals surface area (Å²) in [5.74, 6) is -0.465. The molecule has 1 heterocycles. The molecule has 0 radical (unpaired) electrons. The molecule has 3 aromatic rings. The number of carbonyl (C=O) groups excluding carboxylic acids is 1. The number of nitrogens with one attached hydrogen (secondary N) is 1. The smallest absolute Gasteiger partial charge is 0.253 e. The van der Waals surface area contributed by atoms with E-state index >= 15 is 0 Å². The zero-order chi connectivity index (χ0) is 18.0. The van der Waals surface area contributed by atoms with E-state index in [0.717, 1.165) is 22.0 Å². The summed E-state index contributed by atoms with van der Waals surface area (Å²) in [4.78, 5) is 28.9. The quantitative estimate of drug-likeness (QED) is 0.791. The lowest BCUT2D eigenvalue weighted by Gasteiger charge is -2.21. The van der Waals surface area contributed by atoms with Crippen LogP contribution in [0.25, 0.3) is 10.9 Å². The topological polar surface area (TPSA) is 53.2 Å². The molecule has 0 aliphatic carbocycles. The molecular formula is C20H19FN2O2. The molecule has 0 aliphatic rings. The number of aromatic amines is 1. The van der Waals surface area contributed by atoms with E-state index in [0.29, 0.717) is 12.1 Å². The average Bonchev–Trinajstić information content (AvgIpc) is 2.57. The largest absolute Gasteiger partial charge is 0.334 e. The third-order valence-electron chi connectivity index (χ3n) is 4.26. The summed E-state index contributed by atoms with van der Waals surface area (Å²) < 4.78 is 13.0. The molecule has 1 aromatic heterocycles. The number of carbonyl (C=O) groups is 1. The van der Waals surface area contributed by atoms with Crippen molar-refractivity contribution in [3.63, 3.8) is 0 Å². The van der Waals surface area contributed by atoms with Crippen molar-refractivity contribution in [3.8, 4) is 0 Å². The van der Waals surface area contributed by atoms with E-state index in [9.17, 15) is 14.0 Å².